The Bertz CT molecular complexity index is 1160. The van der Waals surface area contributed by atoms with Crippen LogP contribution in [-0.2, 0) is 14.3 Å². The zero-order valence-corrected chi connectivity index (χ0v) is 17.4. The summed E-state index contributed by atoms with van der Waals surface area (Å²) in [6.45, 7) is 2.23. The van der Waals surface area contributed by atoms with Gasteiger partial charge < -0.3 is 24.8 Å². The number of methoxy groups -OCH3 is 2. The van der Waals surface area contributed by atoms with Gasteiger partial charge in [0.1, 0.15) is 18.9 Å². The van der Waals surface area contributed by atoms with Gasteiger partial charge in [-0.3, -0.25) is 9.59 Å². The summed E-state index contributed by atoms with van der Waals surface area (Å²) in [5.74, 6) is -0.00765. The Morgan fingerprint density at radius 2 is 1.97 bits per heavy atom. The van der Waals surface area contributed by atoms with E-state index in [2.05, 4.69) is 20.6 Å². The van der Waals surface area contributed by atoms with Crippen LogP contribution in [0, 0.1) is 0 Å². The van der Waals surface area contributed by atoms with E-state index in [9.17, 15) is 9.59 Å². The van der Waals surface area contributed by atoms with Crippen molar-refractivity contribution in [1.82, 2.24) is 9.97 Å². The first-order valence-electron chi connectivity index (χ1n) is 9.68. The average Bonchev–Trinajstić information content (AvgIpc) is 3.07. The molecule has 0 aliphatic carbocycles. The lowest BCUT2D eigenvalue weighted by atomic mass is 9.93. The molecule has 9 nitrogen and oxygen atoms in total. The third-order valence-corrected chi connectivity index (χ3v) is 4.97. The van der Waals surface area contributed by atoms with Gasteiger partial charge in [-0.15, -0.1) is 0 Å². The fraction of sp³-hybridized carbons (Fsp3) is 0.273. The Labute approximate surface area is 178 Å². The van der Waals surface area contributed by atoms with Crippen LogP contribution in [0.1, 0.15) is 24.1 Å². The zero-order valence-electron chi connectivity index (χ0n) is 17.4. The van der Waals surface area contributed by atoms with Crippen LogP contribution in [0.5, 0.6) is 11.5 Å². The van der Waals surface area contributed by atoms with Crippen molar-refractivity contribution < 1.29 is 23.8 Å². The number of hydrogen-bond acceptors (Lipinski definition) is 7. The molecule has 2 N–H and O–H groups in total. The monoisotopic (exact) mass is 422 g/mol. The summed E-state index contributed by atoms with van der Waals surface area (Å²) in [5.41, 5.74) is 3.19. The Morgan fingerprint density at radius 3 is 2.71 bits per heavy atom. The van der Waals surface area contributed by atoms with Crippen LogP contribution in [0.2, 0.25) is 0 Å². The summed E-state index contributed by atoms with van der Waals surface area (Å²) in [5, 5.41) is 6.31. The number of nitrogens with zero attached hydrogens (tertiary/aromatic N) is 2. The third-order valence-electron chi connectivity index (χ3n) is 4.97. The lowest BCUT2D eigenvalue weighted by molar-refractivity contribution is -0.116. The van der Waals surface area contributed by atoms with Gasteiger partial charge in [-0.1, -0.05) is 0 Å². The van der Waals surface area contributed by atoms with Crippen molar-refractivity contribution in [3.63, 3.8) is 0 Å². The van der Waals surface area contributed by atoms with Gasteiger partial charge in [0.25, 0.3) is 0 Å². The molecule has 0 saturated heterocycles. The maximum Gasteiger partial charge on any atom is 0.238 e. The topological polar surface area (TPSA) is 112 Å². The molecule has 0 spiro atoms. The van der Waals surface area contributed by atoms with Gasteiger partial charge in [0.15, 0.2) is 11.5 Å². The van der Waals surface area contributed by atoms with Crippen LogP contribution >= 0.6 is 0 Å². The van der Waals surface area contributed by atoms with Crippen LogP contribution in [0.4, 0.5) is 11.4 Å². The highest BCUT2D eigenvalue weighted by molar-refractivity contribution is 6.07. The average molecular weight is 422 g/mol. The smallest absolute Gasteiger partial charge is 0.238 e. The van der Waals surface area contributed by atoms with Crippen LogP contribution in [0.3, 0.4) is 0 Å². The molecule has 2 amide bonds. The predicted molar refractivity (Wildman–Crippen MR) is 115 cm³/mol. The van der Waals surface area contributed by atoms with E-state index in [1.54, 1.807) is 44.6 Å². The first kappa shape index (κ1) is 20.5. The number of carbonyl (C=O) groups is 2. The quantitative estimate of drug-likeness (QED) is 0.563. The van der Waals surface area contributed by atoms with Gasteiger partial charge in [0, 0.05) is 36.9 Å². The number of carbonyl (C=O) groups excluding carboxylic acids is 2. The summed E-state index contributed by atoms with van der Waals surface area (Å²) in [6, 6.07) is 8.83. The molecule has 160 valence electrons. The van der Waals surface area contributed by atoms with Gasteiger partial charge in [0.05, 0.1) is 24.9 Å². The molecule has 3 aromatic rings. The molecule has 2 heterocycles. The first-order chi connectivity index (χ1) is 15.0. The van der Waals surface area contributed by atoms with E-state index in [1.165, 1.54) is 13.3 Å². The standard InChI is InChI=1S/C22H22N4O5/c1-12(27)25-13-4-5-16-14(8-13)20(22(28)26-16)21-15-9-18(30-3)19(31-7-6-29-2)10-17(15)23-11-24-21/h4-5,8-11,20H,6-7H2,1-3H3,(H,25,27)(H,26,28). The lowest BCUT2D eigenvalue weighted by Crippen LogP contribution is -2.15. The minimum Gasteiger partial charge on any atom is -0.493 e. The van der Waals surface area contributed by atoms with E-state index in [0.29, 0.717) is 52.7 Å². The van der Waals surface area contributed by atoms with E-state index >= 15 is 0 Å². The minimum atomic E-state index is -0.654. The Hall–Kier alpha value is -3.72. The number of benzene rings is 2. The zero-order chi connectivity index (χ0) is 22.0. The highest BCUT2D eigenvalue weighted by Gasteiger charge is 2.35. The number of hydrogen-bond donors (Lipinski definition) is 2. The number of rotatable bonds is 7. The molecular formula is C22H22N4O5. The molecule has 1 aromatic heterocycles. The molecule has 2 aromatic carbocycles. The van der Waals surface area contributed by atoms with Gasteiger partial charge >= 0.3 is 0 Å². The lowest BCUT2D eigenvalue weighted by Gasteiger charge is -2.15. The molecule has 0 bridgehead atoms. The van der Waals surface area contributed by atoms with Crippen molar-refractivity contribution in [2.45, 2.75) is 12.8 Å². The third kappa shape index (κ3) is 3.99. The second-order valence-corrected chi connectivity index (χ2v) is 7.03. The fourth-order valence-corrected chi connectivity index (χ4v) is 3.64. The minimum absolute atomic E-state index is 0.188. The number of anilines is 2. The summed E-state index contributed by atoms with van der Waals surface area (Å²) < 4.78 is 16.3. The van der Waals surface area contributed by atoms with E-state index < -0.39 is 5.92 Å². The SMILES string of the molecule is COCCOc1cc2ncnc(C3C(=O)Nc4ccc(NC(C)=O)cc43)c2cc1OC. The van der Waals surface area contributed by atoms with Crippen LogP contribution in [0.15, 0.2) is 36.7 Å². The maximum atomic E-state index is 12.9. The normalized spacial score (nSPS) is 14.8. The molecule has 0 saturated carbocycles. The number of aromatic nitrogens is 2. The summed E-state index contributed by atoms with van der Waals surface area (Å²) >= 11 is 0. The van der Waals surface area contributed by atoms with Gasteiger partial charge in [-0.05, 0) is 29.8 Å². The molecule has 4 rings (SSSR count). The van der Waals surface area contributed by atoms with Crippen LogP contribution < -0.4 is 20.1 Å². The summed E-state index contributed by atoms with van der Waals surface area (Å²) in [6.07, 6.45) is 1.42. The molecule has 1 aliphatic rings. The van der Waals surface area contributed by atoms with Gasteiger partial charge in [0.2, 0.25) is 11.8 Å². The second kappa shape index (κ2) is 8.57. The van der Waals surface area contributed by atoms with Crippen LogP contribution in [-0.4, -0.2) is 49.2 Å². The maximum absolute atomic E-state index is 12.9. The Balaban J connectivity index is 1.80. The number of amides is 2. The molecule has 31 heavy (non-hydrogen) atoms. The van der Waals surface area contributed by atoms with E-state index in [0.717, 1.165) is 5.56 Å². The van der Waals surface area contributed by atoms with Crippen molar-refractivity contribution in [3.8, 4) is 11.5 Å². The number of nitrogens with one attached hydrogen (secondary N) is 2. The van der Waals surface area contributed by atoms with Gasteiger partial charge in [-0.2, -0.15) is 0 Å². The van der Waals surface area contributed by atoms with E-state index in [-0.39, 0.29) is 11.8 Å². The fourth-order valence-electron chi connectivity index (χ4n) is 3.64. The molecule has 0 fully saturated rings. The molecule has 1 aliphatic heterocycles. The van der Waals surface area contributed by atoms with Crippen molar-refractivity contribution in [3.05, 3.63) is 47.9 Å². The molecule has 9 heteroatoms. The second-order valence-electron chi connectivity index (χ2n) is 7.03. The molecule has 0 radical (unpaired) electrons. The van der Waals surface area contributed by atoms with Gasteiger partial charge in [-0.25, -0.2) is 9.97 Å². The van der Waals surface area contributed by atoms with Crippen molar-refractivity contribution >= 4 is 34.1 Å². The first-order valence-corrected chi connectivity index (χ1v) is 9.68. The van der Waals surface area contributed by atoms with Crippen molar-refractivity contribution in [2.24, 2.45) is 0 Å². The van der Waals surface area contributed by atoms with Crippen molar-refractivity contribution in [2.75, 3.05) is 38.1 Å². The van der Waals surface area contributed by atoms with Crippen molar-refractivity contribution in [1.29, 1.82) is 0 Å². The number of ether oxygens (including phenoxy) is 3. The largest absolute Gasteiger partial charge is 0.493 e. The molecule has 1 unspecified atom stereocenters. The van der Waals surface area contributed by atoms with E-state index in [4.69, 9.17) is 14.2 Å². The highest BCUT2D eigenvalue weighted by atomic mass is 16.5. The highest BCUT2D eigenvalue weighted by Crippen LogP contribution is 2.41. The molecular weight excluding hydrogens is 400 g/mol. The Morgan fingerprint density at radius 1 is 1.13 bits per heavy atom. The van der Waals surface area contributed by atoms with E-state index in [1.807, 2.05) is 0 Å². The number of fused-ring (bicyclic) bond motifs is 2. The molecule has 1 atom stereocenters. The van der Waals surface area contributed by atoms with Crippen LogP contribution in [0.25, 0.3) is 10.9 Å². The summed E-state index contributed by atoms with van der Waals surface area (Å²) in [7, 11) is 3.15. The Kier molecular flexibility index (Phi) is 5.68. The summed E-state index contributed by atoms with van der Waals surface area (Å²) in [4.78, 5) is 33.1. The predicted octanol–water partition coefficient (Wildman–Crippen LogP) is 2.71.